The third-order valence-electron chi connectivity index (χ3n) is 3.21. The number of carbonyl (C=O) groups is 1. The molecule has 1 aromatic heterocycles. The summed E-state index contributed by atoms with van der Waals surface area (Å²) in [6.45, 7) is 5.91. The second-order valence-electron chi connectivity index (χ2n) is 4.81. The van der Waals surface area contributed by atoms with E-state index in [1.165, 1.54) is 5.57 Å². The number of aromatic nitrogens is 2. The van der Waals surface area contributed by atoms with Gasteiger partial charge in [0, 0.05) is 26.3 Å². The van der Waals surface area contributed by atoms with E-state index in [2.05, 4.69) is 25.0 Å². The predicted molar refractivity (Wildman–Crippen MR) is 66.6 cm³/mol. The maximum absolute atomic E-state index is 12.1. The molecule has 1 amide bonds. The predicted octanol–water partition coefficient (Wildman–Crippen LogP) is 1.85. The summed E-state index contributed by atoms with van der Waals surface area (Å²) >= 11 is 0. The summed E-state index contributed by atoms with van der Waals surface area (Å²) < 4.78 is 1.66. The van der Waals surface area contributed by atoms with Gasteiger partial charge in [-0.15, -0.1) is 0 Å². The van der Waals surface area contributed by atoms with E-state index in [0.29, 0.717) is 18.2 Å². The van der Waals surface area contributed by atoms with E-state index in [4.69, 9.17) is 0 Å². The van der Waals surface area contributed by atoms with Crippen LogP contribution in [-0.2, 0) is 7.05 Å². The quantitative estimate of drug-likeness (QED) is 0.731. The topological polar surface area (TPSA) is 38.1 Å². The molecule has 1 aliphatic rings. The minimum absolute atomic E-state index is 0.0321. The summed E-state index contributed by atoms with van der Waals surface area (Å²) in [7, 11) is 1.82. The molecule has 0 N–H and O–H groups in total. The van der Waals surface area contributed by atoms with Crippen LogP contribution in [-0.4, -0.2) is 33.7 Å². The molecule has 0 aliphatic carbocycles. The Morgan fingerprint density at radius 2 is 2.24 bits per heavy atom. The first-order chi connectivity index (χ1) is 8.08. The Balaban J connectivity index is 2.04. The molecule has 17 heavy (non-hydrogen) atoms. The number of aryl methyl sites for hydroxylation is 1. The largest absolute Gasteiger partial charge is 0.333 e. The van der Waals surface area contributed by atoms with Crippen molar-refractivity contribution in [2.75, 3.05) is 13.1 Å². The molecule has 0 unspecified atom stereocenters. The maximum atomic E-state index is 12.1. The summed E-state index contributed by atoms with van der Waals surface area (Å²) in [6.07, 6.45) is 4.96. The summed E-state index contributed by atoms with van der Waals surface area (Å²) in [5.41, 5.74) is 1.99. The van der Waals surface area contributed by atoms with Gasteiger partial charge in [-0.2, -0.15) is 5.10 Å². The van der Waals surface area contributed by atoms with Crippen LogP contribution in [0.4, 0.5) is 0 Å². The maximum Gasteiger partial charge on any atom is 0.274 e. The van der Waals surface area contributed by atoms with Crippen molar-refractivity contribution < 1.29 is 4.79 Å². The second-order valence-corrected chi connectivity index (χ2v) is 4.81. The zero-order valence-electron chi connectivity index (χ0n) is 10.7. The van der Waals surface area contributed by atoms with E-state index in [1.54, 1.807) is 16.9 Å². The Labute approximate surface area is 102 Å². The highest BCUT2D eigenvalue weighted by molar-refractivity contribution is 5.92. The van der Waals surface area contributed by atoms with Gasteiger partial charge < -0.3 is 4.90 Å². The molecule has 0 radical (unpaired) electrons. The zero-order chi connectivity index (χ0) is 12.4. The average molecular weight is 233 g/mol. The lowest BCUT2D eigenvalue weighted by molar-refractivity contribution is 0.0760. The van der Waals surface area contributed by atoms with Crippen LogP contribution in [0.1, 0.15) is 30.8 Å². The molecule has 4 heteroatoms. The van der Waals surface area contributed by atoms with Crippen LogP contribution in [0.25, 0.3) is 0 Å². The molecule has 0 aromatic carbocycles. The van der Waals surface area contributed by atoms with E-state index >= 15 is 0 Å². The minimum atomic E-state index is 0.0321. The summed E-state index contributed by atoms with van der Waals surface area (Å²) in [6, 6.07) is 1.77. The third-order valence-corrected chi connectivity index (χ3v) is 3.21. The van der Waals surface area contributed by atoms with Gasteiger partial charge >= 0.3 is 0 Å². The van der Waals surface area contributed by atoms with E-state index < -0.39 is 0 Å². The fourth-order valence-corrected chi connectivity index (χ4v) is 2.08. The Hall–Kier alpha value is -1.58. The normalized spacial score (nSPS) is 16.2. The van der Waals surface area contributed by atoms with Crippen molar-refractivity contribution in [3.05, 3.63) is 29.6 Å². The molecule has 0 saturated carbocycles. The smallest absolute Gasteiger partial charge is 0.274 e. The third kappa shape index (κ3) is 2.57. The van der Waals surface area contributed by atoms with E-state index in [9.17, 15) is 4.79 Å². The molecule has 4 nitrogen and oxygen atoms in total. The standard InChI is InChI=1S/C13H19N3O/c1-10(2)11-4-8-16(9-5-11)13(17)12-6-7-15(3)14-12/h4,6-7,10H,5,8-9H2,1-3H3. The monoisotopic (exact) mass is 233 g/mol. The number of hydrogen-bond donors (Lipinski definition) is 0. The van der Waals surface area contributed by atoms with Gasteiger partial charge in [0.15, 0.2) is 0 Å². The van der Waals surface area contributed by atoms with Gasteiger partial charge in [-0.25, -0.2) is 0 Å². The fraction of sp³-hybridized carbons (Fsp3) is 0.538. The van der Waals surface area contributed by atoms with Crippen molar-refractivity contribution in [1.82, 2.24) is 14.7 Å². The number of carbonyl (C=O) groups excluding carboxylic acids is 1. The number of nitrogens with zero attached hydrogens (tertiary/aromatic N) is 3. The fourth-order valence-electron chi connectivity index (χ4n) is 2.08. The van der Waals surface area contributed by atoms with Crippen LogP contribution in [0.15, 0.2) is 23.9 Å². The van der Waals surface area contributed by atoms with Crippen molar-refractivity contribution in [3.8, 4) is 0 Å². The highest BCUT2D eigenvalue weighted by atomic mass is 16.2. The van der Waals surface area contributed by atoms with Gasteiger partial charge in [-0.05, 0) is 18.4 Å². The molecule has 1 aromatic rings. The van der Waals surface area contributed by atoms with Crippen molar-refractivity contribution in [1.29, 1.82) is 0 Å². The Morgan fingerprint density at radius 3 is 2.71 bits per heavy atom. The van der Waals surface area contributed by atoms with E-state index in [1.807, 2.05) is 11.9 Å². The van der Waals surface area contributed by atoms with Crippen LogP contribution < -0.4 is 0 Å². The molecule has 1 aliphatic heterocycles. The van der Waals surface area contributed by atoms with Crippen LogP contribution in [0.5, 0.6) is 0 Å². The van der Waals surface area contributed by atoms with Crippen LogP contribution in [0.3, 0.4) is 0 Å². The zero-order valence-corrected chi connectivity index (χ0v) is 10.7. The molecule has 2 rings (SSSR count). The molecule has 0 fully saturated rings. The lowest BCUT2D eigenvalue weighted by Crippen LogP contribution is -2.35. The van der Waals surface area contributed by atoms with Crippen LogP contribution in [0.2, 0.25) is 0 Å². The summed E-state index contributed by atoms with van der Waals surface area (Å²) in [5.74, 6) is 0.617. The van der Waals surface area contributed by atoms with Gasteiger partial charge in [-0.1, -0.05) is 25.5 Å². The van der Waals surface area contributed by atoms with Crippen LogP contribution >= 0.6 is 0 Å². The average Bonchev–Trinajstić information content (AvgIpc) is 2.75. The number of rotatable bonds is 2. The lowest BCUT2D eigenvalue weighted by atomic mass is 9.97. The van der Waals surface area contributed by atoms with Crippen LogP contribution in [0, 0.1) is 5.92 Å². The molecule has 2 heterocycles. The van der Waals surface area contributed by atoms with Crippen molar-refractivity contribution in [2.45, 2.75) is 20.3 Å². The van der Waals surface area contributed by atoms with Gasteiger partial charge in [0.25, 0.3) is 5.91 Å². The van der Waals surface area contributed by atoms with Gasteiger partial charge in [0.2, 0.25) is 0 Å². The highest BCUT2D eigenvalue weighted by Crippen LogP contribution is 2.19. The van der Waals surface area contributed by atoms with E-state index in [0.717, 1.165) is 13.0 Å². The summed E-state index contributed by atoms with van der Waals surface area (Å²) in [5, 5.41) is 4.14. The summed E-state index contributed by atoms with van der Waals surface area (Å²) in [4.78, 5) is 14.0. The first-order valence-electron chi connectivity index (χ1n) is 6.06. The van der Waals surface area contributed by atoms with Crippen molar-refractivity contribution >= 4 is 5.91 Å². The molecule has 0 saturated heterocycles. The second kappa shape index (κ2) is 4.73. The first-order valence-corrected chi connectivity index (χ1v) is 6.06. The minimum Gasteiger partial charge on any atom is -0.333 e. The van der Waals surface area contributed by atoms with Gasteiger partial charge in [0.1, 0.15) is 5.69 Å². The molecule has 92 valence electrons. The molecule has 0 spiro atoms. The Kier molecular flexibility index (Phi) is 3.31. The van der Waals surface area contributed by atoms with Crippen molar-refractivity contribution in [3.63, 3.8) is 0 Å². The molecular weight excluding hydrogens is 214 g/mol. The van der Waals surface area contributed by atoms with E-state index in [-0.39, 0.29) is 5.91 Å². The first kappa shape index (κ1) is 11.9. The molecular formula is C13H19N3O. The Bertz CT molecular complexity index is 445. The number of hydrogen-bond acceptors (Lipinski definition) is 2. The van der Waals surface area contributed by atoms with Crippen molar-refractivity contribution in [2.24, 2.45) is 13.0 Å². The van der Waals surface area contributed by atoms with Gasteiger partial charge in [-0.3, -0.25) is 9.48 Å². The van der Waals surface area contributed by atoms with Gasteiger partial charge in [0.05, 0.1) is 0 Å². The molecule has 0 atom stereocenters. The SMILES string of the molecule is CC(C)C1=CCN(C(=O)c2ccn(C)n2)CC1. The lowest BCUT2D eigenvalue weighted by Gasteiger charge is -2.27. The number of amides is 1. The molecule has 0 bridgehead atoms. The highest BCUT2D eigenvalue weighted by Gasteiger charge is 2.21. The Morgan fingerprint density at radius 1 is 1.47 bits per heavy atom.